The number of hydrogen-bond donors (Lipinski definition) is 0. The lowest BCUT2D eigenvalue weighted by Gasteiger charge is -2.08. The first-order chi connectivity index (χ1) is 11.0. The molecule has 1 aromatic carbocycles. The van der Waals surface area contributed by atoms with Crippen molar-refractivity contribution in [2.45, 2.75) is 25.2 Å². The molecular weight excluding hydrogens is 364 g/mol. The summed E-state index contributed by atoms with van der Waals surface area (Å²) >= 11 is 3.38. The van der Waals surface area contributed by atoms with E-state index in [1.54, 1.807) is 11.7 Å². The van der Waals surface area contributed by atoms with Gasteiger partial charge in [0.15, 0.2) is 5.65 Å². The summed E-state index contributed by atoms with van der Waals surface area (Å²) in [6.07, 6.45) is -0.511. The molecule has 1 saturated carbocycles. The fraction of sp³-hybridized carbons (Fsp3) is 0.294. The second-order valence-corrected chi connectivity index (χ2v) is 6.80. The number of aryl methyl sites for hydroxylation is 1. The quantitative estimate of drug-likeness (QED) is 0.626. The Morgan fingerprint density at radius 3 is 2.52 bits per heavy atom. The van der Waals surface area contributed by atoms with Gasteiger partial charge in [-0.2, -0.15) is 5.10 Å². The van der Waals surface area contributed by atoms with Crippen LogP contribution in [-0.2, 0) is 7.05 Å². The molecule has 2 heterocycles. The number of halogens is 3. The molecule has 0 bridgehead atoms. The van der Waals surface area contributed by atoms with Gasteiger partial charge < -0.3 is 0 Å². The summed E-state index contributed by atoms with van der Waals surface area (Å²) in [5, 5.41) is 4.99. The Kier molecular flexibility index (Phi) is 3.44. The van der Waals surface area contributed by atoms with Crippen molar-refractivity contribution >= 4 is 27.0 Å². The first-order valence-corrected chi connectivity index (χ1v) is 8.25. The zero-order valence-electron chi connectivity index (χ0n) is 12.4. The number of fused-ring (bicyclic) bond motifs is 1. The maximum absolute atomic E-state index is 13.7. The Bertz CT molecular complexity index is 883. The summed E-state index contributed by atoms with van der Waals surface area (Å²) in [6.45, 7) is 0. The van der Waals surface area contributed by atoms with Crippen LogP contribution in [0.5, 0.6) is 0 Å². The number of nitrogens with zero attached hydrogens (tertiary/aromatic N) is 3. The van der Waals surface area contributed by atoms with Crippen molar-refractivity contribution in [3.8, 4) is 11.3 Å². The summed E-state index contributed by atoms with van der Waals surface area (Å²) in [5.41, 5.74) is 2.69. The fourth-order valence-corrected chi connectivity index (χ4v) is 3.15. The second kappa shape index (κ2) is 5.37. The molecule has 2 aromatic heterocycles. The molecule has 6 heteroatoms. The lowest BCUT2D eigenvalue weighted by Crippen LogP contribution is -1.96. The van der Waals surface area contributed by atoms with Gasteiger partial charge in [0.2, 0.25) is 0 Å². The second-order valence-electron chi connectivity index (χ2n) is 5.89. The molecule has 23 heavy (non-hydrogen) atoms. The van der Waals surface area contributed by atoms with Crippen LogP contribution in [0.25, 0.3) is 22.3 Å². The molecule has 0 radical (unpaired) electrons. The van der Waals surface area contributed by atoms with Crippen molar-refractivity contribution in [2.75, 3.05) is 0 Å². The molecule has 118 valence electrons. The highest BCUT2D eigenvalue weighted by Crippen LogP contribution is 2.44. The van der Waals surface area contributed by atoms with Gasteiger partial charge in [-0.3, -0.25) is 4.68 Å². The minimum atomic E-state index is -2.55. The van der Waals surface area contributed by atoms with Gasteiger partial charge in [0.1, 0.15) is 0 Å². The number of pyridine rings is 1. The van der Waals surface area contributed by atoms with Crippen molar-refractivity contribution in [2.24, 2.45) is 7.05 Å². The van der Waals surface area contributed by atoms with Crippen molar-refractivity contribution < 1.29 is 8.78 Å². The molecule has 0 unspecified atom stereocenters. The van der Waals surface area contributed by atoms with Crippen LogP contribution in [0.4, 0.5) is 8.78 Å². The molecule has 1 fully saturated rings. The van der Waals surface area contributed by atoms with E-state index in [0.717, 1.165) is 28.6 Å². The van der Waals surface area contributed by atoms with Crippen LogP contribution in [-0.4, -0.2) is 14.8 Å². The van der Waals surface area contributed by atoms with E-state index in [1.165, 1.54) is 6.07 Å². The SMILES string of the molecule is Cn1nc(C2CC2)c2c(C(F)F)cc(-c3ccc(Br)cc3)nc21. The lowest BCUT2D eigenvalue weighted by atomic mass is 10.0. The van der Waals surface area contributed by atoms with E-state index < -0.39 is 6.43 Å². The summed E-state index contributed by atoms with van der Waals surface area (Å²) in [6, 6.07) is 8.99. The Balaban J connectivity index is 1.97. The van der Waals surface area contributed by atoms with E-state index in [2.05, 4.69) is 26.0 Å². The number of aromatic nitrogens is 3. The minimum Gasteiger partial charge on any atom is -0.250 e. The number of hydrogen-bond acceptors (Lipinski definition) is 2. The van der Waals surface area contributed by atoms with Gasteiger partial charge in [0, 0.05) is 28.6 Å². The van der Waals surface area contributed by atoms with Crippen LogP contribution in [0.3, 0.4) is 0 Å². The van der Waals surface area contributed by atoms with E-state index in [4.69, 9.17) is 0 Å². The van der Waals surface area contributed by atoms with Gasteiger partial charge in [-0.25, -0.2) is 13.8 Å². The van der Waals surface area contributed by atoms with Gasteiger partial charge in [0.25, 0.3) is 6.43 Å². The van der Waals surface area contributed by atoms with Gasteiger partial charge >= 0.3 is 0 Å². The zero-order valence-corrected chi connectivity index (χ0v) is 14.0. The minimum absolute atomic E-state index is 0.0305. The van der Waals surface area contributed by atoms with Crippen molar-refractivity contribution in [3.05, 3.63) is 46.1 Å². The Morgan fingerprint density at radius 1 is 1.22 bits per heavy atom. The van der Waals surface area contributed by atoms with Crippen LogP contribution in [0, 0.1) is 0 Å². The van der Waals surface area contributed by atoms with E-state index >= 15 is 0 Å². The molecule has 3 aromatic rings. The van der Waals surface area contributed by atoms with E-state index in [1.807, 2.05) is 24.3 Å². The summed E-state index contributed by atoms with van der Waals surface area (Å²) in [5.74, 6) is 0.302. The van der Waals surface area contributed by atoms with Crippen LogP contribution in [0.1, 0.15) is 36.4 Å². The third kappa shape index (κ3) is 2.55. The number of alkyl halides is 2. The predicted molar refractivity (Wildman–Crippen MR) is 88.6 cm³/mol. The summed E-state index contributed by atoms with van der Waals surface area (Å²) in [7, 11) is 1.77. The van der Waals surface area contributed by atoms with Gasteiger partial charge in [-0.05, 0) is 31.0 Å². The average molecular weight is 378 g/mol. The van der Waals surface area contributed by atoms with E-state index in [-0.39, 0.29) is 5.56 Å². The van der Waals surface area contributed by atoms with Crippen LogP contribution >= 0.6 is 15.9 Å². The molecule has 1 aliphatic rings. The average Bonchev–Trinajstić information content (AvgIpc) is 3.32. The molecule has 1 aliphatic carbocycles. The number of benzene rings is 1. The number of rotatable bonds is 3. The smallest absolute Gasteiger partial charge is 0.250 e. The van der Waals surface area contributed by atoms with Crippen LogP contribution in [0.15, 0.2) is 34.8 Å². The maximum atomic E-state index is 13.7. The van der Waals surface area contributed by atoms with Crippen molar-refractivity contribution in [1.29, 1.82) is 0 Å². The monoisotopic (exact) mass is 377 g/mol. The fourth-order valence-electron chi connectivity index (χ4n) is 2.89. The molecular formula is C17H14BrF2N3. The molecule has 0 spiro atoms. The lowest BCUT2D eigenvalue weighted by molar-refractivity contribution is 0.153. The highest BCUT2D eigenvalue weighted by atomic mass is 79.9. The van der Waals surface area contributed by atoms with E-state index in [9.17, 15) is 8.78 Å². The third-order valence-electron chi connectivity index (χ3n) is 4.19. The molecule has 0 aliphatic heterocycles. The van der Waals surface area contributed by atoms with Crippen LogP contribution < -0.4 is 0 Å². The van der Waals surface area contributed by atoms with Gasteiger partial charge in [0.05, 0.1) is 16.8 Å². The highest BCUT2D eigenvalue weighted by molar-refractivity contribution is 9.10. The Hall–Kier alpha value is -1.82. The first-order valence-electron chi connectivity index (χ1n) is 7.46. The summed E-state index contributed by atoms with van der Waals surface area (Å²) in [4.78, 5) is 4.60. The third-order valence-corrected chi connectivity index (χ3v) is 4.72. The molecule has 0 atom stereocenters. The summed E-state index contributed by atoms with van der Waals surface area (Å²) < 4.78 is 29.9. The van der Waals surface area contributed by atoms with Crippen molar-refractivity contribution in [1.82, 2.24) is 14.8 Å². The molecule has 4 rings (SSSR count). The van der Waals surface area contributed by atoms with Crippen LogP contribution in [0.2, 0.25) is 0 Å². The van der Waals surface area contributed by atoms with Gasteiger partial charge in [-0.1, -0.05) is 28.1 Å². The normalized spacial score (nSPS) is 14.8. The zero-order chi connectivity index (χ0) is 16.1. The molecule has 0 N–H and O–H groups in total. The largest absolute Gasteiger partial charge is 0.264 e. The molecule has 3 nitrogen and oxygen atoms in total. The van der Waals surface area contributed by atoms with Gasteiger partial charge in [-0.15, -0.1) is 0 Å². The van der Waals surface area contributed by atoms with E-state index in [0.29, 0.717) is 22.6 Å². The maximum Gasteiger partial charge on any atom is 0.264 e. The topological polar surface area (TPSA) is 30.7 Å². The first kappa shape index (κ1) is 14.8. The Morgan fingerprint density at radius 2 is 1.91 bits per heavy atom. The Labute approximate surface area is 140 Å². The van der Waals surface area contributed by atoms with Crippen molar-refractivity contribution in [3.63, 3.8) is 0 Å². The highest BCUT2D eigenvalue weighted by Gasteiger charge is 2.32. The molecule has 0 amide bonds. The predicted octanol–water partition coefficient (Wildman–Crippen LogP) is 5.21. The molecule has 0 saturated heterocycles. The standard InChI is InChI=1S/C17H14BrF2N3/c1-23-17-14(15(22-23)10-2-3-10)12(16(19)20)8-13(21-17)9-4-6-11(18)7-5-9/h4-8,10,16H,2-3H2,1H3.